The highest BCUT2D eigenvalue weighted by Gasteiger charge is 2.32. The first kappa shape index (κ1) is 23.5. The van der Waals surface area contributed by atoms with Gasteiger partial charge in [-0.25, -0.2) is 12.8 Å². The zero-order valence-corrected chi connectivity index (χ0v) is 20.0. The summed E-state index contributed by atoms with van der Waals surface area (Å²) in [5.74, 6) is -0.912. The number of thiazole rings is 1. The zero-order valence-electron chi connectivity index (χ0n) is 18.4. The van der Waals surface area contributed by atoms with Crippen LogP contribution in [0.3, 0.4) is 0 Å². The number of allylic oxidation sites excluding steroid dienone is 1. The maximum atomic E-state index is 14.4. The predicted molar refractivity (Wildman–Crippen MR) is 128 cm³/mol. The fourth-order valence-electron chi connectivity index (χ4n) is 4.23. The first-order chi connectivity index (χ1) is 15.9. The number of carbonyl (C=O) groups excluding carboxylic acids is 1. The molecule has 1 unspecified atom stereocenters. The standard InChI is InChI=1S/C24H26FN3O3S2/c1-3-15-27-22-20(25)9-7-10-21(22)32-24(27)26-23(29)17-11-13-19(14-12-17)33(30,31)28-16-6-5-8-18(28)4-2/h3,7,9-14,18H,1,4-6,8,15-16H2,2H3. The van der Waals surface area contributed by atoms with E-state index in [1.165, 1.54) is 41.7 Å². The van der Waals surface area contributed by atoms with Crippen LogP contribution in [0.1, 0.15) is 43.0 Å². The van der Waals surface area contributed by atoms with Gasteiger partial charge in [0.15, 0.2) is 4.80 Å². The lowest BCUT2D eigenvalue weighted by Gasteiger charge is -2.34. The van der Waals surface area contributed by atoms with Gasteiger partial charge in [-0.3, -0.25) is 4.79 Å². The van der Waals surface area contributed by atoms with Crippen molar-refractivity contribution in [3.8, 4) is 0 Å². The molecule has 0 N–H and O–H groups in total. The first-order valence-corrected chi connectivity index (χ1v) is 13.2. The van der Waals surface area contributed by atoms with Gasteiger partial charge in [-0.15, -0.1) is 6.58 Å². The summed E-state index contributed by atoms with van der Waals surface area (Å²) >= 11 is 1.22. The molecule has 0 aliphatic carbocycles. The quantitative estimate of drug-likeness (QED) is 0.472. The van der Waals surface area contributed by atoms with Gasteiger partial charge in [0.25, 0.3) is 5.91 Å². The predicted octanol–water partition coefficient (Wildman–Crippen LogP) is 4.72. The Morgan fingerprint density at radius 1 is 1.24 bits per heavy atom. The number of rotatable bonds is 6. The van der Waals surface area contributed by atoms with Crippen LogP contribution in [0.15, 0.2) is 65.0 Å². The third kappa shape index (κ3) is 4.58. The number of para-hydroxylation sites is 1. The molecule has 0 bridgehead atoms. The van der Waals surface area contributed by atoms with Gasteiger partial charge in [-0.1, -0.05) is 36.8 Å². The average Bonchev–Trinajstić information content (AvgIpc) is 3.17. The topological polar surface area (TPSA) is 71.7 Å². The molecule has 0 saturated carbocycles. The minimum atomic E-state index is -3.62. The van der Waals surface area contributed by atoms with Crippen LogP contribution in [0, 0.1) is 5.82 Å². The summed E-state index contributed by atoms with van der Waals surface area (Å²) in [6, 6.07) is 10.6. The van der Waals surface area contributed by atoms with E-state index in [2.05, 4.69) is 11.6 Å². The number of hydrogen-bond acceptors (Lipinski definition) is 4. The van der Waals surface area contributed by atoms with Crippen molar-refractivity contribution < 1.29 is 17.6 Å². The van der Waals surface area contributed by atoms with Crippen LogP contribution in [-0.4, -0.2) is 35.8 Å². The van der Waals surface area contributed by atoms with Crippen molar-refractivity contribution in [3.05, 3.63) is 71.3 Å². The smallest absolute Gasteiger partial charge is 0.279 e. The monoisotopic (exact) mass is 487 g/mol. The number of fused-ring (bicyclic) bond motifs is 1. The Bertz CT molecular complexity index is 1360. The van der Waals surface area contributed by atoms with Crippen LogP contribution in [0.5, 0.6) is 0 Å². The number of aromatic nitrogens is 1. The van der Waals surface area contributed by atoms with Crippen LogP contribution in [0.4, 0.5) is 4.39 Å². The van der Waals surface area contributed by atoms with Crippen molar-refractivity contribution in [2.24, 2.45) is 4.99 Å². The van der Waals surface area contributed by atoms with E-state index in [4.69, 9.17) is 0 Å². The van der Waals surface area contributed by atoms with Crippen molar-refractivity contribution in [2.75, 3.05) is 6.54 Å². The molecule has 1 aromatic heterocycles. The third-order valence-electron chi connectivity index (χ3n) is 5.91. The van der Waals surface area contributed by atoms with Crippen molar-refractivity contribution in [2.45, 2.75) is 50.1 Å². The molecule has 33 heavy (non-hydrogen) atoms. The lowest BCUT2D eigenvalue weighted by Crippen LogP contribution is -2.43. The summed E-state index contributed by atoms with van der Waals surface area (Å²) < 4.78 is 44.5. The normalized spacial score (nSPS) is 18.0. The zero-order chi connectivity index (χ0) is 23.6. The second kappa shape index (κ2) is 9.70. The Labute approximate surface area is 196 Å². The molecular formula is C24H26FN3O3S2. The van der Waals surface area contributed by atoms with Crippen LogP contribution >= 0.6 is 11.3 Å². The van der Waals surface area contributed by atoms with Gasteiger partial charge in [0, 0.05) is 24.7 Å². The molecule has 0 radical (unpaired) electrons. The first-order valence-electron chi connectivity index (χ1n) is 11.0. The van der Waals surface area contributed by atoms with Gasteiger partial charge in [-0.2, -0.15) is 9.30 Å². The lowest BCUT2D eigenvalue weighted by molar-refractivity contribution is 0.0997. The molecule has 1 saturated heterocycles. The average molecular weight is 488 g/mol. The Morgan fingerprint density at radius 2 is 2.00 bits per heavy atom. The van der Waals surface area contributed by atoms with Crippen LogP contribution < -0.4 is 4.80 Å². The Morgan fingerprint density at radius 3 is 2.70 bits per heavy atom. The SMILES string of the molecule is C=CCn1c(=NC(=O)c2ccc(S(=O)(=O)N3CCCCC3CC)cc2)sc2cccc(F)c21. The lowest BCUT2D eigenvalue weighted by atomic mass is 10.0. The molecule has 1 fully saturated rings. The number of benzene rings is 2. The summed E-state index contributed by atoms with van der Waals surface area (Å²) in [4.78, 5) is 17.6. The van der Waals surface area contributed by atoms with E-state index < -0.39 is 21.7 Å². The molecule has 2 heterocycles. The molecule has 4 rings (SSSR count). The molecule has 1 amide bonds. The van der Waals surface area contributed by atoms with E-state index in [1.54, 1.807) is 27.1 Å². The Hall–Kier alpha value is -2.62. The summed E-state index contributed by atoms with van der Waals surface area (Å²) in [5, 5.41) is 0. The number of halogens is 1. The van der Waals surface area contributed by atoms with Gasteiger partial charge in [0.05, 0.1) is 15.1 Å². The Balaban J connectivity index is 1.66. The largest absolute Gasteiger partial charge is 0.310 e. The minimum Gasteiger partial charge on any atom is -0.310 e. The van der Waals surface area contributed by atoms with E-state index in [0.717, 1.165) is 25.7 Å². The summed E-state index contributed by atoms with van der Waals surface area (Å²) in [6.07, 6.45) is 5.14. The second-order valence-electron chi connectivity index (χ2n) is 7.99. The molecule has 1 aliphatic rings. The van der Waals surface area contributed by atoms with Gasteiger partial charge < -0.3 is 4.57 Å². The maximum Gasteiger partial charge on any atom is 0.279 e. The second-order valence-corrected chi connectivity index (χ2v) is 10.9. The van der Waals surface area contributed by atoms with Crippen LogP contribution in [0.2, 0.25) is 0 Å². The highest BCUT2D eigenvalue weighted by atomic mass is 32.2. The summed E-state index contributed by atoms with van der Waals surface area (Å²) in [7, 11) is -3.62. The van der Waals surface area contributed by atoms with Gasteiger partial charge in [-0.05, 0) is 55.7 Å². The molecule has 1 atom stereocenters. The molecule has 1 aliphatic heterocycles. The van der Waals surface area contributed by atoms with E-state index in [0.29, 0.717) is 28.1 Å². The molecule has 0 spiro atoms. The molecular weight excluding hydrogens is 461 g/mol. The van der Waals surface area contributed by atoms with E-state index in [1.807, 2.05) is 6.92 Å². The molecule has 3 aromatic rings. The highest BCUT2D eigenvalue weighted by Crippen LogP contribution is 2.27. The fraction of sp³-hybridized carbons (Fsp3) is 0.333. The van der Waals surface area contributed by atoms with Gasteiger partial charge in [0.2, 0.25) is 10.0 Å². The summed E-state index contributed by atoms with van der Waals surface area (Å²) in [5.41, 5.74) is 0.644. The highest BCUT2D eigenvalue weighted by molar-refractivity contribution is 7.89. The van der Waals surface area contributed by atoms with Crippen molar-refractivity contribution in [3.63, 3.8) is 0 Å². The number of nitrogens with zero attached hydrogens (tertiary/aromatic N) is 3. The maximum absolute atomic E-state index is 14.4. The van der Waals surface area contributed by atoms with E-state index >= 15 is 0 Å². The van der Waals surface area contributed by atoms with Gasteiger partial charge in [0.1, 0.15) is 5.82 Å². The fourth-order valence-corrected chi connectivity index (χ4v) is 7.04. The van der Waals surface area contributed by atoms with Crippen molar-refractivity contribution in [1.29, 1.82) is 0 Å². The molecule has 6 nitrogen and oxygen atoms in total. The van der Waals surface area contributed by atoms with E-state index in [9.17, 15) is 17.6 Å². The number of hydrogen-bond donors (Lipinski definition) is 0. The van der Waals surface area contributed by atoms with Crippen LogP contribution in [0.25, 0.3) is 10.2 Å². The number of piperidine rings is 1. The molecule has 2 aromatic carbocycles. The van der Waals surface area contributed by atoms with Crippen molar-refractivity contribution in [1.82, 2.24) is 8.87 Å². The van der Waals surface area contributed by atoms with Crippen molar-refractivity contribution >= 4 is 37.5 Å². The molecule has 9 heteroatoms. The number of carbonyl (C=O) groups is 1. The third-order valence-corrected chi connectivity index (χ3v) is 8.92. The van der Waals surface area contributed by atoms with E-state index in [-0.39, 0.29) is 16.5 Å². The number of amides is 1. The van der Waals surface area contributed by atoms with Gasteiger partial charge >= 0.3 is 0 Å². The number of sulfonamides is 1. The Kier molecular flexibility index (Phi) is 6.92. The minimum absolute atomic E-state index is 0.00807. The molecule has 174 valence electrons. The summed E-state index contributed by atoms with van der Waals surface area (Å²) in [6.45, 7) is 6.53. The van der Waals surface area contributed by atoms with Crippen LogP contribution in [-0.2, 0) is 16.6 Å².